The Morgan fingerprint density at radius 3 is 2.40 bits per heavy atom. The zero-order chi connectivity index (χ0) is 18.4. The monoisotopic (exact) mass is 348 g/mol. The number of amides is 2. The molecule has 0 spiro atoms. The van der Waals surface area contributed by atoms with Gasteiger partial charge in [0.25, 0.3) is 0 Å². The number of allylic oxidation sites excluding steroid dienone is 1. The molecule has 0 fully saturated rings. The van der Waals surface area contributed by atoms with Crippen molar-refractivity contribution in [3.63, 3.8) is 0 Å². The maximum atomic E-state index is 12.4. The second-order valence-electron chi connectivity index (χ2n) is 5.36. The van der Waals surface area contributed by atoms with Crippen molar-refractivity contribution >= 4 is 12.0 Å². The van der Waals surface area contributed by atoms with Crippen LogP contribution >= 0.6 is 0 Å². The minimum Gasteiger partial charge on any atom is -0.490 e. The van der Waals surface area contributed by atoms with E-state index in [1.807, 2.05) is 13.8 Å². The summed E-state index contributed by atoms with van der Waals surface area (Å²) in [5.74, 6) is 0.714. The lowest BCUT2D eigenvalue weighted by atomic mass is 9.95. The van der Waals surface area contributed by atoms with Crippen LogP contribution in [0.15, 0.2) is 29.5 Å². The van der Waals surface area contributed by atoms with E-state index in [1.54, 1.807) is 32.0 Å². The van der Waals surface area contributed by atoms with E-state index in [4.69, 9.17) is 14.2 Å². The normalized spacial score (nSPS) is 16.8. The summed E-state index contributed by atoms with van der Waals surface area (Å²) in [6.07, 6.45) is 0. The lowest BCUT2D eigenvalue weighted by Gasteiger charge is -2.28. The third-order valence-electron chi connectivity index (χ3n) is 3.67. The van der Waals surface area contributed by atoms with Crippen molar-refractivity contribution in [2.75, 3.05) is 19.8 Å². The lowest BCUT2D eigenvalue weighted by Crippen LogP contribution is -2.45. The Morgan fingerprint density at radius 2 is 1.76 bits per heavy atom. The topological polar surface area (TPSA) is 85.9 Å². The Hall–Kier alpha value is -2.70. The Morgan fingerprint density at radius 1 is 1.08 bits per heavy atom. The molecule has 1 heterocycles. The van der Waals surface area contributed by atoms with E-state index in [0.717, 1.165) is 0 Å². The van der Waals surface area contributed by atoms with Crippen LogP contribution in [0.4, 0.5) is 4.79 Å². The van der Waals surface area contributed by atoms with Gasteiger partial charge in [-0.15, -0.1) is 0 Å². The first kappa shape index (κ1) is 18.6. The quantitative estimate of drug-likeness (QED) is 0.740. The van der Waals surface area contributed by atoms with Gasteiger partial charge >= 0.3 is 12.0 Å². The number of hydrogen-bond acceptors (Lipinski definition) is 5. The number of ether oxygens (including phenoxy) is 3. The maximum Gasteiger partial charge on any atom is 0.338 e. The van der Waals surface area contributed by atoms with Crippen LogP contribution in [0.25, 0.3) is 0 Å². The number of hydrogen-bond donors (Lipinski definition) is 2. The highest BCUT2D eigenvalue weighted by atomic mass is 16.5. The first-order valence-electron chi connectivity index (χ1n) is 8.36. The summed E-state index contributed by atoms with van der Waals surface area (Å²) >= 11 is 0. The standard InChI is InChI=1S/C18H24N2O5/c1-5-23-13-9-8-12(10-14(13)24-6-2)16-15(17(21)25-7-3)11(4)19-18(22)20-16/h8-10,16H,5-7H2,1-4H3,(H2,19,20,22)/t16-/m0/s1. The van der Waals surface area contributed by atoms with E-state index in [0.29, 0.717) is 41.5 Å². The molecule has 1 aromatic rings. The smallest absolute Gasteiger partial charge is 0.338 e. The molecule has 0 radical (unpaired) electrons. The molecule has 0 unspecified atom stereocenters. The van der Waals surface area contributed by atoms with Gasteiger partial charge < -0.3 is 24.8 Å². The lowest BCUT2D eigenvalue weighted by molar-refractivity contribution is -0.139. The summed E-state index contributed by atoms with van der Waals surface area (Å²) in [5.41, 5.74) is 1.55. The van der Waals surface area contributed by atoms with E-state index in [1.165, 1.54) is 0 Å². The average Bonchev–Trinajstić information content (AvgIpc) is 2.56. The zero-order valence-electron chi connectivity index (χ0n) is 15.0. The molecule has 0 bridgehead atoms. The van der Waals surface area contributed by atoms with Crippen molar-refractivity contribution in [2.24, 2.45) is 0 Å². The molecular weight excluding hydrogens is 324 g/mol. The number of urea groups is 1. The number of nitrogens with one attached hydrogen (secondary N) is 2. The van der Waals surface area contributed by atoms with Crippen LogP contribution in [0.1, 0.15) is 39.3 Å². The Kier molecular flexibility index (Phi) is 6.27. The van der Waals surface area contributed by atoms with Crippen LogP contribution in [0, 0.1) is 0 Å². The first-order valence-corrected chi connectivity index (χ1v) is 8.36. The van der Waals surface area contributed by atoms with E-state index >= 15 is 0 Å². The van der Waals surface area contributed by atoms with E-state index in [9.17, 15) is 9.59 Å². The van der Waals surface area contributed by atoms with Crippen LogP contribution in [0.2, 0.25) is 0 Å². The molecule has 7 nitrogen and oxygen atoms in total. The second kappa shape index (κ2) is 8.41. The zero-order valence-corrected chi connectivity index (χ0v) is 15.0. The molecular formula is C18H24N2O5. The third kappa shape index (κ3) is 4.23. The minimum atomic E-state index is -0.623. The molecule has 25 heavy (non-hydrogen) atoms. The first-order chi connectivity index (χ1) is 12.0. The number of rotatable bonds is 7. The third-order valence-corrected chi connectivity index (χ3v) is 3.67. The maximum absolute atomic E-state index is 12.4. The van der Waals surface area contributed by atoms with E-state index < -0.39 is 12.0 Å². The van der Waals surface area contributed by atoms with Crippen LogP contribution in [-0.4, -0.2) is 31.8 Å². The molecule has 1 aromatic carbocycles. The minimum absolute atomic E-state index is 0.254. The summed E-state index contributed by atoms with van der Waals surface area (Å²) in [5, 5.41) is 5.38. The average molecular weight is 348 g/mol. The summed E-state index contributed by atoms with van der Waals surface area (Å²) in [6, 6.07) is 4.36. The van der Waals surface area contributed by atoms with Gasteiger partial charge in [-0.25, -0.2) is 9.59 Å². The molecule has 1 aliphatic heterocycles. The fourth-order valence-corrected chi connectivity index (χ4v) is 2.67. The molecule has 2 N–H and O–H groups in total. The van der Waals surface area contributed by atoms with Gasteiger partial charge in [0.15, 0.2) is 11.5 Å². The summed E-state index contributed by atoms with van der Waals surface area (Å²) in [7, 11) is 0. The number of benzene rings is 1. The Labute approximate surface area is 147 Å². The van der Waals surface area contributed by atoms with Crippen LogP contribution < -0.4 is 20.1 Å². The second-order valence-corrected chi connectivity index (χ2v) is 5.36. The van der Waals surface area contributed by atoms with Crippen molar-refractivity contribution < 1.29 is 23.8 Å². The van der Waals surface area contributed by atoms with Crippen LogP contribution in [0.5, 0.6) is 11.5 Å². The highest BCUT2D eigenvalue weighted by Gasteiger charge is 2.32. The van der Waals surface area contributed by atoms with Crippen molar-refractivity contribution in [1.29, 1.82) is 0 Å². The van der Waals surface area contributed by atoms with Gasteiger partial charge in [0.2, 0.25) is 0 Å². The summed E-state index contributed by atoms with van der Waals surface area (Å²) in [4.78, 5) is 24.3. The summed E-state index contributed by atoms with van der Waals surface area (Å²) in [6.45, 7) is 8.42. The number of carbonyl (C=O) groups is 2. The van der Waals surface area contributed by atoms with Crippen molar-refractivity contribution in [3.8, 4) is 11.5 Å². The van der Waals surface area contributed by atoms with Crippen molar-refractivity contribution in [3.05, 3.63) is 35.0 Å². The van der Waals surface area contributed by atoms with Crippen molar-refractivity contribution in [2.45, 2.75) is 33.7 Å². The van der Waals surface area contributed by atoms with Gasteiger partial charge in [-0.3, -0.25) is 0 Å². The fourth-order valence-electron chi connectivity index (χ4n) is 2.67. The number of esters is 1. The Balaban J connectivity index is 2.45. The highest BCUT2D eigenvalue weighted by Crippen LogP contribution is 2.34. The summed E-state index contributed by atoms with van der Waals surface area (Å²) < 4.78 is 16.3. The van der Waals surface area contributed by atoms with Gasteiger partial charge in [-0.05, 0) is 45.4 Å². The number of carbonyl (C=O) groups excluding carboxylic acids is 2. The molecule has 1 atom stereocenters. The molecule has 1 aliphatic rings. The molecule has 0 saturated carbocycles. The molecule has 7 heteroatoms. The molecule has 0 aromatic heterocycles. The van der Waals surface area contributed by atoms with E-state index in [-0.39, 0.29) is 12.6 Å². The largest absolute Gasteiger partial charge is 0.490 e. The van der Waals surface area contributed by atoms with Crippen molar-refractivity contribution in [1.82, 2.24) is 10.6 Å². The van der Waals surface area contributed by atoms with Gasteiger partial charge in [0.1, 0.15) is 0 Å². The predicted molar refractivity (Wildman–Crippen MR) is 92.5 cm³/mol. The van der Waals surface area contributed by atoms with Gasteiger partial charge in [0.05, 0.1) is 31.4 Å². The van der Waals surface area contributed by atoms with Gasteiger partial charge in [-0.2, -0.15) is 0 Å². The molecule has 0 saturated heterocycles. The van der Waals surface area contributed by atoms with E-state index in [2.05, 4.69) is 10.6 Å². The van der Waals surface area contributed by atoms with Gasteiger partial charge in [-0.1, -0.05) is 6.07 Å². The van der Waals surface area contributed by atoms with Gasteiger partial charge in [0, 0.05) is 5.70 Å². The molecule has 136 valence electrons. The SMILES string of the molecule is CCOC(=O)C1=C(C)NC(=O)N[C@H]1c1ccc(OCC)c(OCC)c1. The molecule has 2 amide bonds. The highest BCUT2D eigenvalue weighted by molar-refractivity contribution is 5.95. The fraction of sp³-hybridized carbons (Fsp3) is 0.444. The van der Waals surface area contributed by atoms with Crippen LogP contribution in [0.3, 0.4) is 0 Å². The molecule has 2 rings (SSSR count). The molecule has 0 aliphatic carbocycles. The van der Waals surface area contributed by atoms with Crippen LogP contribution in [-0.2, 0) is 9.53 Å². The Bertz CT molecular complexity index is 684. The predicted octanol–water partition coefficient (Wildman–Crippen LogP) is 2.68.